The van der Waals surface area contributed by atoms with Gasteiger partial charge >= 0.3 is 0 Å². The summed E-state index contributed by atoms with van der Waals surface area (Å²) in [6.45, 7) is 1.17. The molecule has 1 atom stereocenters. The molecule has 1 saturated heterocycles. The smallest absolute Gasteiger partial charge is 0.0549 e. The van der Waals surface area contributed by atoms with Gasteiger partial charge in [0.25, 0.3) is 0 Å². The van der Waals surface area contributed by atoms with Crippen molar-refractivity contribution in [2.45, 2.75) is 25.3 Å². The molecule has 2 N–H and O–H groups in total. The Labute approximate surface area is 84.9 Å². The van der Waals surface area contributed by atoms with Crippen molar-refractivity contribution in [2.24, 2.45) is 0 Å². The van der Waals surface area contributed by atoms with Crippen LogP contribution < -0.4 is 5.73 Å². The lowest BCUT2D eigenvalue weighted by Gasteiger charge is -2.33. The molecule has 0 amide bonds. The summed E-state index contributed by atoms with van der Waals surface area (Å²) >= 11 is 0. The zero-order chi connectivity index (χ0) is 9.97. The van der Waals surface area contributed by atoms with Crippen molar-refractivity contribution >= 4 is 5.69 Å². The van der Waals surface area contributed by atoms with Gasteiger partial charge in [0, 0.05) is 12.2 Å². The Morgan fingerprint density at radius 3 is 3.07 bits per heavy atom. The van der Waals surface area contributed by atoms with E-state index in [1.807, 2.05) is 12.3 Å². The molecule has 0 radical (unpaired) electrons. The van der Waals surface area contributed by atoms with E-state index in [4.69, 9.17) is 5.73 Å². The number of anilines is 1. The Balaban J connectivity index is 2.25. The second-order valence-corrected chi connectivity index (χ2v) is 4.00. The lowest BCUT2D eigenvalue weighted by molar-refractivity contribution is 0.188. The van der Waals surface area contributed by atoms with Crippen LogP contribution in [0.1, 0.15) is 30.9 Å². The van der Waals surface area contributed by atoms with E-state index in [9.17, 15) is 0 Å². The van der Waals surface area contributed by atoms with Crippen LogP contribution in [-0.2, 0) is 0 Å². The number of nitrogens with zero attached hydrogens (tertiary/aromatic N) is 2. The number of piperidine rings is 1. The number of nitrogen functional groups attached to an aromatic ring is 1. The van der Waals surface area contributed by atoms with Gasteiger partial charge in [0.2, 0.25) is 0 Å². The maximum atomic E-state index is 5.92. The third-order valence-electron chi connectivity index (χ3n) is 3.02. The molecule has 1 aliphatic rings. The van der Waals surface area contributed by atoms with E-state index in [-0.39, 0.29) is 0 Å². The third-order valence-corrected chi connectivity index (χ3v) is 3.02. The topological polar surface area (TPSA) is 42.2 Å². The first-order valence-electron chi connectivity index (χ1n) is 5.18. The fourth-order valence-corrected chi connectivity index (χ4v) is 2.19. The van der Waals surface area contributed by atoms with E-state index < -0.39 is 0 Å². The van der Waals surface area contributed by atoms with Crippen molar-refractivity contribution in [1.82, 2.24) is 9.88 Å². The minimum absolute atomic E-state index is 0.492. The number of nitrogens with two attached hydrogens (primary N) is 1. The van der Waals surface area contributed by atoms with Gasteiger partial charge in [-0.2, -0.15) is 0 Å². The first-order valence-corrected chi connectivity index (χ1v) is 5.18. The van der Waals surface area contributed by atoms with Crippen LogP contribution in [0.25, 0.3) is 0 Å². The molecule has 76 valence electrons. The first kappa shape index (κ1) is 9.46. The number of hydrogen-bond acceptors (Lipinski definition) is 3. The van der Waals surface area contributed by atoms with Crippen LogP contribution in [0.2, 0.25) is 0 Å². The highest BCUT2D eigenvalue weighted by Crippen LogP contribution is 2.31. The maximum absolute atomic E-state index is 5.92. The Morgan fingerprint density at radius 1 is 1.50 bits per heavy atom. The van der Waals surface area contributed by atoms with Gasteiger partial charge < -0.3 is 5.73 Å². The fraction of sp³-hybridized carbons (Fsp3) is 0.545. The standard InChI is InChI=1S/C11H17N3/c1-14-7-3-2-4-11(14)9-5-6-13-8-10(9)12/h5-6,8,11H,2-4,7,12H2,1H3. The Bertz CT molecular complexity index is 311. The molecule has 3 heteroatoms. The summed E-state index contributed by atoms with van der Waals surface area (Å²) in [5, 5.41) is 0. The van der Waals surface area contributed by atoms with Gasteiger partial charge in [-0.1, -0.05) is 6.42 Å². The van der Waals surface area contributed by atoms with E-state index in [0.29, 0.717) is 6.04 Å². The Hall–Kier alpha value is -1.09. The highest BCUT2D eigenvalue weighted by atomic mass is 15.1. The van der Waals surface area contributed by atoms with Gasteiger partial charge in [-0.3, -0.25) is 9.88 Å². The molecule has 3 nitrogen and oxygen atoms in total. The van der Waals surface area contributed by atoms with Crippen LogP contribution in [-0.4, -0.2) is 23.5 Å². The minimum Gasteiger partial charge on any atom is -0.397 e. The zero-order valence-electron chi connectivity index (χ0n) is 8.61. The molecule has 0 aromatic carbocycles. The largest absolute Gasteiger partial charge is 0.397 e. The van der Waals surface area contributed by atoms with Gasteiger partial charge in [0.1, 0.15) is 0 Å². The molecular formula is C11H17N3. The number of hydrogen-bond donors (Lipinski definition) is 1. The lowest BCUT2D eigenvalue weighted by Crippen LogP contribution is -2.30. The third kappa shape index (κ3) is 1.73. The normalized spacial score (nSPS) is 23.6. The molecular weight excluding hydrogens is 174 g/mol. The molecule has 0 spiro atoms. The van der Waals surface area contributed by atoms with E-state index in [0.717, 1.165) is 5.69 Å². The van der Waals surface area contributed by atoms with Crippen LogP contribution in [0.4, 0.5) is 5.69 Å². The van der Waals surface area contributed by atoms with Crippen molar-refractivity contribution in [3.63, 3.8) is 0 Å². The van der Waals surface area contributed by atoms with Gasteiger partial charge in [0.05, 0.1) is 11.9 Å². The van der Waals surface area contributed by atoms with Gasteiger partial charge in [0.15, 0.2) is 0 Å². The van der Waals surface area contributed by atoms with Crippen LogP contribution in [0, 0.1) is 0 Å². The van der Waals surface area contributed by atoms with Crippen LogP contribution >= 0.6 is 0 Å². The molecule has 0 saturated carbocycles. The summed E-state index contributed by atoms with van der Waals surface area (Å²) in [7, 11) is 2.17. The fourth-order valence-electron chi connectivity index (χ4n) is 2.19. The molecule has 1 aliphatic heterocycles. The minimum atomic E-state index is 0.492. The summed E-state index contributed by atoms with van der Waals surface area (Å²) in [6, 6.07) is 2.54. The molecule has 2 rings (SSSR count). The monoisotopic (exact) mass is 191 g/mol. The lowest BCUT2D eigenvalue weighted by atomic mass is 9.96. The number of likely N-dealkylation sites (tertiary alicyclic amines) is 1. The highest BCUT2D eigenvalue weighted by Gasteiger charge is 2.21. The quantitative estimate of drug-likeness (QED) is 0.736. The van der Waals surface area contributed by atoms with Gasteiger partial charge in [-0.05, 0) is 38.1 Å². The Morgan fingerprint density at radius 2 is 2.36 bits per heavy atom. The van der Waals surface area contributed by atoms with Crippen molar-refractivity contribution in [3.05, 3.63) is 24.0 Å². The average Bonchev–Trinajstić information content (AvgIpc) is 2.20. The first-order chi connectivity index (χ1) is 6.79. The summed E-state index contributed by atoms with van der Waals surface area (Å²) < 4.78 is 0. The molecule has 1 unspecified atom stereocenters. The van der Waals surface area contributed by atoms with Gasteiger partial charge in [-0.15, -0.1) is 0 Å². The van der Waals surface area contributed by atoms with Crippen molar-refractivity contribution in [3.8, 4) is 0 Å². The average molecular weight is 191 g/mol. The SMILES string of the molecule is CN1CCCCC1c1ccncc1N. The number of rotatable bonds is 1. The summed E-state index contributed by atoms with van der Waals surface area (Å²) in [4.78, 5) is 6.41. The summed E-state index contributed by atoms with van der Waals surface area (Å²) in [5.74, 6) is 0. The number of aromatic nitrogens is 1. The van der Waals surface area contributed by atoms with E-state index in [1.165, 1.54) is 31.4 Å². The summed E-state index contributed by atoms with van der Waals surface area (Å²) in [6.07, 6.45) is 7.39. The summed E-state index contributed by atoms with van der Waals surface area (Å²) in [5.41, 5.74) is 7.99. The second kappa shape index (κ2) is 3.96. The molecule has 1 aromatic rings. The van der Waals surface area contributed by atoms with Crippen molar-refractivity contribution in [1.29, 1.82) is 0 Å². The molecule has 2 heterocycles. The Kier molecular flexibility index (Phi) is 2.68. The van der Waals surface area contributed by atoms with Crippen molar-refractivity contribution in [2.75, 3.05) is 19.3 Å². The van der Waals surface area contributed by atoms with Crippen molar-refractivity contribution < 1.29 is 0 Å². The van der Waals surface area contributed by atoms with Crippen LogP contribution in [0.5, 0.6) is 0 Å². The van der Waals surface area contributed by atoms with Crippen LogP contribution in [0.3, 0.4) is 0 Å². The maximum Gasteiger partial charge on any atom is 0.0549 e. The molecule has 0 aliphatic carbocycles. The molecule has 1 aromatic heterocycles. The van der Waals surface area contributed by atoms with Crippen LogP contribution in [0.15, 0.2) is 18.5 Å². The second-order valence-electron chi connectivity index (χ2n) is 4.00. The van der Waals surface area contributed by atoms with E-state index >= 15 is 0 Å². The zero-order valence-corrected chi connectivity index (χ0v) is 8.61. The predicted octanol–water partition coefficient (Wildman–Crippen LogP) is 1.82. The van der Waals surface area contributed by atoms with E-state index in [1.54, 1.807) is 6.20 Å². The predicted molar refractivity (Wildman–Crippen MR) is 57.9 cm³/mol. The highest BCUT2D eigenvalue weighted by molar-refractivity contribution is 5.45. The van der Waals surface area contributed by atoms with Gasteiger partial charge in [-0.25, -0.2) is 0 Å². The number of pyridine rings is 1. The van der Waals surface area contributed by atoms with E-state index in [2.05, 4.69) is 16.9 Å². The molecule has 14 heavy (non-hydrogen) atoms. The molecule has 1 fully saturated rings. The molecule has 0 bridgehead atoms.